The van der Waals surface area contributed by atoms with Crippen molar-refractivity contribution in [2.24, 2.45) is 0 Å². The lowest BCUT2D eigenvalue weighted by Crippen LogP contribution is -2.40. The second kappa shape index (κ2) is 12.7. The van der Waals surface area contributed by atoms with Gasteiger partial charge in [0.1, 0.15) is 5.75 Å². The van der Waals surface area contributed by atoms with E-state index in [1.54, 1.807) is 0 Å². The van der Waals surface area contributed by atoms with E-state index in [9.17, 15) is 0 Å². The zero-order chi connectivity index (χ0) is 23.8. The molecule has 1 aliphatic carbocycles. The molecule has 186 valence electrons. The monoisotopic (exact) mass is 579 g/mol. The molecule has 1 saturated heterocycles. The summed E-state index contributed by atoms with van der Waals surface area (Å²) in [6.07, 6.45) is 10.9. The third-order valence-electron chi connectivity index (χ3n) is 6.65. The van der Waals surface area contributed by atoms with Gasteiger partial charge in [-0.3, -0.25) is 0 Å². The molecular formula is C25H38IN7O. The summed E-state index contributed by atoms with van der Waals surface area (Å²) in [7, 11) is 0. The normalized spacial score (nSPS) is 19.9. The number of nitrogens with one attached hydrogen (secondary N) is 4. The van der Waals surface area contributed by atoms with Crippen molar-refractivity contribution in [3.05, 3.63) is 21.8 Å². The Balaban J connectivity index is 1.55. The number of anilines is 4. The average molecular weight is 580 g/mol. The molecule has 1 saturated carbocycles. The van der Waals surface area contributed by atoms with Gasteiger partial charge in [0.15, 0.2) is 0 Å². The fourth-order valence-corrected chi connectivity index (χ4v) is 5.53. The highest BCUT2D eigenvalue weighted by atomic mass is 127. The van der Waals surface area contributed by atoms with Crippen molar-refractivity contribution in [2.45, 2.75) is 89.8 Å². The molecular weight excluding hydrogens is 541 g/mol. The Kier molecular flexibility index (Phi) is 9.43. The summed E-state index contributed by atoms with van der Waals surface area (Å²) < 4.78 is 6.73. The highest BCUT2D eigenvalue weighted by Gasteiger charge is 2.24. The quantitative estimate of drug-likeness (QED) is 0.211. The molecule has 4 rings (SSSR count). The van der Waals surface area contributed by atoms with Crippen LogP contribution in [0.5, 0.6) is 5.75 Å². The average Bonchev–Trinajstić information content (AvgIpc) is 3.24. The van der Waals surface area contributed by atoms with Crippen LogP contribution >= 0.6 is 22.6 Å². The van der Waals surface area contributed by atoms with Gasteiger partial charge in [-0.15, -0.1) is 0 Å². The molecule has 4 N–H and O–H groups in total. The molecule has 9 heteroatoms. The Hall–Kier alpha value is -1.88. The molecule has 34 heavy (non-hydrogen) atoms. The molecule has 2 aromatic rings. The number of ether oxygens (including phenoxy) is 1. The maximum Gasteiger partial charge on any atom is 0.233 e. The van der Waals surface area contributed by atoms with E-state index in [0.29, 0.717) is 36.5 Å². The van der Waals surface area contributed by atoms with Gasteiger partial charge < -0.3 is 26.0 Å². The minimum absolute atomic E-state index is 0.287. The first-order valence-corrected chi connectivity index (χ1v) is 13.9. The van der Waals surface area contributed by atoms with Crippen molar-refractivity contribution in [1.82, 2.24) is 20.3 Å². The summed E-state index contributed by atoms with van der Waals surface area (Å²) in [5.41, 5.74) is 0.926. The van der Waals surface area contributed by atoms with Gasteiger partial charge in [0.2, 0.25) is 17.8 Å². The van der Waals surface area contributed by atoms with Crippen LogP contribution in [0.15, 0.2) is 18.2 Å². The zero-order valence-electron chi connectivity index (χ0n) is 20.4. The van der Waals surface area contributed by atoms with E-state index in [1.165, 1.54) is 38.5 Å². The van der Waals surface area contributed by atoms with Gasteiger partial charge in [0, 0.05) is 23.8 Å². The molecule has 0 spiro atoms. The maximum absolute atomic E-state index is 5.68. The lowest BCUT2D eigenvalue weighted by Gasteiger charge is -2.24. The third kappa shape index (κ3) is 7.07. The minimum Gasteiger partial charge on any atom is -0.493 e. The summed E-state index contributed by atoms with van der Waals surface area (Å²) in [5.74, 6) is 2.69. The van der Waals surface area contributed by atoms with Crippen LogP contribution in [0.4, 0.5) is 23.5 Å². The van der Waals surface area contributed by atoms with Crippen molar-refractivity contribution in [3.8, 4) is 5.75 Å². The van der Waals surface area contributed by atoms with Crippen LogP contribution in [0.25, 0.3) is 0 Å². The third-order valence-corrected chi connectivity index (χ3v) is 7.49. The first kappa shape index (κ1) is 25.2. The van der Waals surface area contributed by atoms with Crippen molar-refractivity contribution in [1.29, 1.82) is 0 Å². The molecule has 0 bridgehead atoms. The Morgan fingerprint density at radius 2 is 1.76 bits per heavy atom. The lowest BCUT2D eigenvalue weighted by molar-refractivity contribution is 0.338. The number of nitrogens with zero attached hydrogens (tertiary/aromatic N) is 3. The van der Waals surface area contributed by atoms with Gasteiger partial charge in [-0.1, -0.05) is 32.6 Å². The van der Waals surface area contributed by atoms with E-state index in [1.807, 2.05) is 19.1 Å². The smallest absolute Gasteiger partial charge is 0.233 e. The summed E-state index contributed by atoms with van der Waals surface area (Å²) in [6.45, 7) is 5.94. The molecule has 1 aromatic carbocycles. The van der Waals surface area contributed by atoms with E-state index in [-0.39, 0.29) is 6.04 Å². The predicted octanol–water partition coefficient (Wildman–Crippen LogP) is 5.70. The van der Waals surface area contributed by atoms with Crippen LogP contribution < -0.4 is 26.0 Å². The van der Waals surface area contributed by atoms with Crippen molar-refractivity contribution >= 4 is 46.1 Å². The SMILES string of the molecule is CCOc1ccc(Nc2nc(NC3CCCCCC3)nc(NC(CC)C3CCCN3)n2)cc1I. The Bertz CT molecular complexity index is 914. The number of rotatable bonds is 10. The summed E-state index contributed by atoms with van der Waals surface area (Å²) in [6, 6.07) is 7.18. The molecule has 2 unspecified atom stereocenters. The van der Waals surface area contributed by atoms with Crippen molar-refractivity contribution < 1.29 is 4.74 Å². The molecule has 2 fully saturated rings. The number of hydrogen-bond acceptors (Lipinski definition) is 8. The minimum atomic E-state index is 0.287. The van der Waals surface area contributed by atoms with Gasteiger partial charge in [0.05, 0.1) is 10.2 Å². The van der Waals surface area contributed by atoms with Crippen LogP contribution in [0, 0.1) is 3.57 Å². The predicted molar refractivity (Wildman–Crippen MR) is 147 cm³/mol. The number of halogens is 1. The Morgan fingerprint density at radius 3 is 2.44 bits per heavy atom. The van der Waals surface area contributed by atoms with Crippen molar-refractivity contribution in [2.75, 3.05) is 29.1 Å². The number of hydrogen-bond donors (Lipinski definition) is 4. The molecule has 1 aliphatic heterocycles. The highest BCUT2D eigenvalue weighted by Crippen LogP contribution is 2.27. The first-order chi connectivity index (χ1) is 16.6. The Labute approximate surface area is 217 Å². The fourth-order valence-electron chi connectivity index (χ4n) is 4.86. The van der Waals surface area contributed by atoms with E-state index in [4.69, 9.17) is 19.7 Å². The van der Waals surface area contributed by atoms with E-state index >= 15 is 0 Å². The van der Waals surface area contributed by atoms with Crippen LogP contribution in [0.3, 0.4) is 0 Å². The largest absolute Gasteiger partial charge is 0.493 e. The van der Waals surface area contributed by atoms with E-state index in [0.717, 1.165) is 40.8 Å². The van der Waals surface area contributed by atoms with E-state index < -0.39 is 0 Å². The second-order valence-electron chi connectivity index (χ2n) is 9.20. The summed E-state index contributed by atoms with van der Waals surface area (Å²) >= 11 is 2.30. The highest BCUT2D eigenvalue weighted by molar-refractivity contribution is 14.1. The van der Waals surface area contributed by atoms with Crippen LogP contribution in [0.2, 0.25) is 0 Å². The zero-order valence-corrected chi connectivity index (χ0v) is 22.5. The fraction of sp³-hybridized carbons (Fsp3) is 0.640. The number of aromatic nitrogens is 3. The van der Waals surface area contributed by atoms with Crippen LogP contribution in [0.1, 0.15) is 71.6 Å². The molecule has 8 nitrogen and oxygen atoms in total. The molecule has 2 heterocycles. The van der Waals surface area contributed by atoms with Gasteiger partial charge in [-0.25, -0.2) is 0 Å². The summed E-state index contributed by atoms with van der Waals surface area (Å²) in [4.78, 5) is 14.3. The lowest BCUT2D eigenvalue weighted by atomic mass is 10.0. The van der Waals surface area contributed by atoms with Crippen molar-refractivity contribution in [3.63, 3.8) is 0 Å². The summed E-state index contributed by atoms with van der Waals surface area (Å²) in [5, 5.41) is 14.2. The topological polar surface area (TPSA) is 96.0 Å². The van der Waals surface area contributed by atoms with Gasteiger partial charge in [-0.05, 0) is 86.4 Å². The van der Waals surface area contributed by atoms with E-state index in [2.05, 4.69) is 56.8 Å². The number of benzene rings is 1. The molecule has 0 radical (unpaired) electrons. The van der Waals surface area contributed by atoms with Gasteiger partial charge in [-0.2, -0.15) is 15.0 Å². The maximum atomic E-state index is 5.68. The molecule has 1 aromatic heterocycles. The standard InChI is InChI=1S/C25H38IN7O/c1-3-20(21-12-9-15-27-21)30-25-32-23(28-17-10-7-5-6-8-11-17)31-24(33-25)29-18-13-14-22(34-4-2)19(26)16-18/h13-14,16-17,20-21,27H,3-12,15H2,1-2H3,(H3,28,29,30,31,32,33). The van der Waals surface area contributed by atoms with Gasteiger partial charge >= 0.3 is 0 Å². The second-order valence-corrected chi connectivity index (χ2v) is 10.4. The molecule has 2 atom stereocenters. The first-order valence-electron chi connectivity index (χ1n) is 12.9. The molecule has 2 aliphatic rings. The van der Waals surface area contributed by atoms with Crippen LogP contribution in [-0.4, -0.2) is 46.2 Å². The Morgan fingerprint density at radius 1 is 1.00 bits per heavy atom. The van der Waals surface area contributed by atoms with Gasteiger partial charge in [0.25, 0.3) is 0 Å². The van der Waals surface area contributed by atoms with Crippen LogP contribution in [-0.2, 0) is 0 Å². The molecule has 0 amide bonds.